The third kappa shape index (κ3) is 2.70. The largest absolute Gasteiger partial charge is 0.508 e. The Labute approximate surface area is 88.1 Å². The summed E-state index contributed by atoms with van der Waals surface area (Å²) in [5, 5.41) is 18.9. The monoisotopic (exact) mass is 210 g/mol. The molecular weight excluding hydrogens is 196 g/mol. The molecule has 2 N–H and O–H groups in total. The summed E-state index contributed by atoms with van der Waals surface area (Å²) >= 11 is 0. The molecule has 1 atom stereocenters. The smallest absolute Gasteiger partial charge is 0.339 e. The van der Waals surface area contributed by atoms with Gasteiger partial charge in [0.05, 0.1) is 6.61 Å². The molecular formula is C11H14O4. The van der Waals surface area contributed by atoms with Crippen molar-refractivity contribution >= 4 is 5.97 Å². The number of aromatic hydroxyl groups is 1. The van der Waals surface area contributed by atoms with Crippen molar-refractivity contribution in [2.24, 2.45) is 0 Å². The van der Waals surface area contributed by atoms with Crippen molar-refractivity contribution in [1.29, 1.82) is 0 Å². The van der Waals surface area contributed by atoms with Gasteiger partial charge in [-0.1, -0.05) is 12.1 Å². The first-order valence-corrected chi connectivity index (χ1v) is 4.70. The summed E-state index contributed by atoms with van der Waals surface area (Å²) in [5.41, 5.74) is 1.02. The Morgan fingerprint density at radius 3 is 2.73 bits per heavy atom. The van der Waals surface area contributed by atoms with E-state index in [1.54, 1.807) is 26.0 Å². The van der Waals surface area contributed by atoms with E-state index in [9.17, 15) is 15.0 Å². The fourth-order valence-corrected chi connectivity index (χ4v) is 1.15. The molecule has 0 saturated heterocycles. The Morgan fingerprint density at radius 2 is 2.20 bits per heavy atom. The van der Waals surface area contributed by atoms with Gasteiger partial charge in [-0.05, 0) is 31.0 Å². The maximum absolute atomic E-state index is 11.2. The van der Waals surface area contributed by atoms with Gasteiger partial charge >= 0.3 is 5.97 Å². The minimum Gasteiger partial charge on any atom is -0.508 e. The molecule has 1 aromatic carbocycles. The minimum atomic E-state index is -1.34. The van der Waals surface area contributed by atoms with Crippen LogP contribution >= 0.6 is 0 Å². The topological polar surface area (TPSA) is 66.8 Å². The predicted octanol–water partition coefficient (Wildman–Crippen LogP) is 1.30. The highest BCUT2D eigenvalue weighted by Crippen LogP contribution is 2.22. The molecule has 0 aliphatic carbocycles. The van der Waals surface area contributed by atoms with Crippen LogP contribution in [0.1, 0.15) is 24.2 Å². The van der Waals surface area contributed by atoms with Gasteiger partial charge in [0.1, 0.15) is 5.75 Å². The zero-order valence-electron chi connectivity index (χ0n) is 8.73. The summed E-state index contributed by atoms with van der Waals surface area (Å²) < 4.78 is 4.66. The molecule has 1 rings (SSSR count). The first-order chi connectivity index (χ1) is 7.06. The van der Waals surface area contributed by atoms with Crippen molar-refractivity contribution < 1.29 is 19.7 Å². The molecule has 15 heavy (non-hydrogen) atoms. The predicted molar refractivity (Wildman–Crippen MR) is 54.4 cm³/mol. The molecule has 0 fully saturated rings. The summed E-state index contributed by atoms with van der Waals surface area (Å²) in [5.74, 6) is -0.656. The Bertz CT molecular complexity index is 360. The van der Waals surface area contributed by atoms with Gasteiger partial charge in [-0.15, -0.1) is 0 Å². The fraction of sp³-hybridized carbons (Fsp3) is 0.364. The molecule has 0 saturated carbocycles. The molecule has 0 aliphatic rings. The summed E-state index contributed by atoms with van der Waals surface area (Å²) in [6, 6.07) is 4.57. The second-order valence-corrected chi connectivity index (χ2v) is 3.20. The molecule has 1 unspecified atom stereocenters. The second-order valence-electron chi connectivity index (χ2n) is 3.20. The Balaban J connectivity index is 2.86. The molecule has 0 aliphatic heterocycles. The van der Waals surface area contributed by atoms with E-state index in [0.717, 1.165) is 0 Å². The highest BCUT2D eigenvalue weighted by atomic mass is 16.5. The molecule has 82 valence electrons. The van der Waals surface area contributed by atoms with Crippen LogP contribution < -0.4 is 0 Å². The Morgan fingerprint density at radius 1 is 1.53 bits per heavy atom. The number of ether oxygens (including phenoxy) is 1. The molecule has 1 aromatic rings. The minimum absolute atomic E-state index is 0.0517. The number of aliphatic hydroxyl groups excluding tert-OH is 1. The third-order valence-electron chi connectivity index (χ3n) is 2.06. The number of rotatable bonds is 3. The molecule has 0 heterocycles. The Kier molecular flexibility index (Phi) is 3.68. The number of benzene rings is 1. The van der Waals surface area contributed by atoms with Gasteiger partial charge in [0, 0.05) is 0 Å². The quantitative estimate of drug-likeness (QED) is 0.738. The fourth-order valence-electron chi connectivity index (χ4n) is 1.15. The van der Waals surface area contributed by atoms with Crippen LogP contribution in [-0.4, -0.2) is 22.8 Å². The number of hydrogen-bond donors (Lipinski definition) is 2. The lowest BCUT2D eigenvalue weighted by atomic mass is 10.1. The molecule has 4 nitrogen and oxygen atoms in total. The molecule has 0 amide bonds. The zero-order valence-corrected chi connectivity index (χ0v) is 8.73. The van der Waals surface area contributed by atoms with Crippen LogP contribution in [0.15, 0.2) is 18.2 Å². The van der Waals surface area contributed by atoms with Crippen LogP contribution in [-0.2, 0) is 9.53 Å². The SMILES string of the molecule is CCOC(=O)C(O)c1ccc(C)c(O)c1. The van der Waals surface area contributed by atoms with E-state index in [1.165, 1.54) is 6.07 Å². The number of aliphatic hydroxyl groups is 1. The van der Waals surface area contributed by atoms with Crippen LogP contribution in [0.4, 0.5) is 0 Å². The summed E-state index contributed by atoms with van der Waals surface area (Å²) in [6.45, 7) is 3.61. The number of aryl methyl sites for hydroxylation is 1. The van der Waals surface area contributed by atoms with E-state index < -0.39 is 12.1 Å². The average Bonchev–Trinajstić information content (AvgIpc) is 2.21. The lowest BCUT2D eigenvalue weighted by molar-refractivity contribution is -0.153. The lowest BCUT2D eigenvalue weighted by Crippen LogP contribution is -2.15. The van der Waals surface area contributed by atoms with Gasteiger partial charge in [0.25, 0.3) is 0 Å². The van der Waals surface area contributed by atoms with Crippen LogP contribution in [0.25, 0.3) is 0 Å². The van der Waals surface area contributed by atoms with E-state index in [1.807, 2.05) is 0 Å². The standard InChI is InChI=1S/C11H14O4/c1-3-15-11(14)10(13)8-5-4-7(2)9(12)6-8/h4-6,10,12-13H,3H2,1-2H3. The summed E-state index contributed by atoms with van der Waals surface area (Å²) in [6.07, 6.45) is -1.34. The van der Waals surface area contributed by atoms with Gasteiger partial charge < -0.3 is 14.9 Å². The maximum Gasteiger partial charge on any atom is 0.339 e. The van der Waals surface area contributed by atoms with Crippen LogP contribution in [0.2, 0.25) is 0 Å². The van der Waals surface area contributed by atoms with E-state index in [2.05, 4.69) is 4.74 Å². The van der Waals surface area contributed by atoms with Gasteiger partial charge in [-0.3, -0.25) is 0 Å². The first kappa shape index (κ1) is 11.5. The first-order valence-electron chi connectivity index (χ1n) is 4.70. The molecule has 0 bridgehead atoms. The maximum atomic E-state index is 11.2. The van der Waals surface area contributed by atoms with Crippen LogP contribution in [0.3, 0.4) is 0 Å². The van der Waals surface area contributed by atoms with Crippen molar-refractivity contribution in [3.05, 3.63) is 29.3 Å². The van der Waals surface area contributed by atoms with E-state index in [-0.39, 0.29) is 12.4 Å². The number of carbonyl (C=O) groups excluding carboxylic acids is 1. The zero-order chi connectivity index (χ0) is 11.4. The third-order valence-corrected chi connectivity index (χ3v) is 2.06. The van der Waals surface area contributed by atoms with Gasteiger partial charge in [-0.2, -0.15) is 0 Å². The summed E-state index contributed by atoms with van der Waals surface area (Å²) in [7, 11) is 0. The van der Waals surface area contributed by atoms with Crippen LogP contribution in [0.5, 0.6) is 5.75 Å². The molecule has 0 spiro atoms. The Hall–Kier alpha value is -1.55. The lowest BCUT2D eigenvalue weighted by Gasteiger charge is -2.10. The van der Waals surface area contributed by atoms with Gasteiger partial charge in [0.2, 0.25) is 0 Å². The number of carbonyl (C=O) groups is 1. The molecule has 0 radical (unpaired) electrons. The van der Waals surface area contributed by atoms with Crippen molar-refractivity contribution in [3.63, 3.8) is 0 Å². The highest BCUT2D eigenvalue weighted by Gasteiger charge is 2.18. The number of phenolic OH excluding ortho intramolecular Hbond substituents is 1. The van der Waals surface area contributed by atoms with Crippen molar-refractivity contribution in [1.82, 2.24) is 0 Å². The second kappa shape index (κ2) is 4.79. The van der Waals surface area contributed by atoms with Crippen LogP contribution in [0, 0.1) is 6.92 Å². The molecule has 0 aromatic heterocycles. The number of phenols is 1. The molecule has 4 heteroatoms. The number of hydrogen-bond acceptors (Lipinski definition) is 4. The normalized spacial score (nSPS) is 12.2. The highest BCUT2D eigenvalue weighted by molar-refractivity contribution is 5.76. The van der Waals surface area contributed by atoms with E-state index in [0.29, 0.717) is 11.1 Å². The average molecular weight is 210 g/mol. The van der Waals surface area contributed by atoms with Crippen molar-refractivity contribution in [2.45, 2.75) is 20.0 Å². The van der Waals surface area contributed by atoms with Crippen molar-refractivity contribution in [2.75, 3.05) is 6.61 Å². The van der Waals surface area contributed by atoms with Gasteiger partial charge in [0.15, 0.2) is 6.10 Å². The van der Waals surface area contributed by atoms with Gasteiger partial charge in [-0.25, -0.2) is 4.79 Å². The van der Waals surface area contributed by atoms with Crippen molar-refractivity contribution in [3.8, 4) is 5.75 Å². The van der Waals surface area contributed by atoms with E-state index >= 15 is 0 Å². The van der Waals surface area contributed by atoms with E-state index in [4.69, 9.17) is 0 Å². The number of esters is 1. The summed E-state index contributed by atoms with van der Waals surface area (Å²) in [4.78, 5) is 11.2.